The lowest BCUT2D eigenvalue weighted by Crippen LogP contribution is -2.39. The van der Waals surface area contributed by atoms with E-state index in [4.69, 9.17) is 9.47 Å². The van der Waals surface area contributed by atoms with Crippen LogP contribution in [0.2, 0.25) is 0 Å². The topological polar surface area (TPSA) is 55.8 Å². The Bertz CT molecular complexity index is 783. The van der Waals surface area contributed by atoms with Crippen molar-refractivity contribution in [3.8, 4) is 5.75 Å². The predicted molar refractivity (Wildman–Crippen MR) is 103 cm³/mol. The Morgan fingerprint density at radius 2 is 1.81 bits per heavy atom. The second kappa shape index (κ2) is 10.1. The van der Waals surface area contributed by atoms with E-state index in [-0.39, 0.29) is 17.7 Å². The second-order valence-corrected chi connectivity index (χ2v) is 7.04. The van der Waals surface area contributed by atoms with Gasteiger partial charge < -0.3 is 14.4 Å². The van der Waals surface area contributed by atoms with Crippen molar-refractivity contribution in [3.63, 3.8) is 0 Å². The molecule has 27 heavy (non-hydrogen) atoms. The molecule has 0 fully saturated rings. The first-order valence-corrected chi connectivity index (χ1v) is 9.23. The normalized spacial score (nSPS) is 10.6. The first kappa shape index (κ1) is 20.9. The van der Waals surface area contributed by atoms with Crippen LogP contribution in [-0.2, 0) is 20.9 Å². The van der Waals surface area contributed by atoms with Gasteiger partial charge in [0.2, 0.25) is 0 Å². The van der Waals surface area contributed by atoms with Gasteiger partial charge in [-0.3, -0.25) is 4.79 Å². The highest BCUT2D eigenvalue weighted by atomic mass is 79.9. The number of benzene rings is 2. The predicted octanol–water partition coefficient (Wildman–Crippen LogP) is 3.95. The van der Waals surface area contributed by atoms with Crippen LogP contribution < -0.4 is 4.74 Å². The summed E-state index contributed by atoms with van der Waals surface area (Å²) in [5.74, 6) is -1.71. The number of ether oxygens (including phenoxy) is 2. The number of rotatable bonds is 8. The molecule has 0 aliphatic rings. The standard InChI is InChI=1S/C20H21BrFNO4/c1-14(2)23(11-15-6-4-3-5-7-15)19(24)12-27-20(25)13-26-18-9-8-16(21)10-17(18)22/h3-10,14H,11-13H2,1-2H3. The molecule has 2 aromatic rings. The first-order valence-electron chi connectivity index (χ1n) is 8.43. The maximum Gasteiger partial charge on any atom is 0.344 e. The zero-order chi connectivity index (χ0) is 19.8. The molecule has 0 aliphatic carbocycles. The van der Waals surface area contributed by atoms with Crippen LogP contribution in [0.5, 0.6) is 5.75 Å². The number of halogens is 2. The molecule has 0 saturated heterocycles. The fourth-order valence-electron chi connectivity index (χ4n) is 2.33. The van der Waals surface area contributed by atoms with Gasteiger partial charge in [0, 0.05) is 17.1 Å². The fourth-order valence-corrected chi connectivity index (χ4v) is 2.67. The summed E-state index contributed by atoms with van der Waals surface area (Å²) < 4.78 is 24.3. The van der Waals surface area contributed by atoms with E-state index in [2.05, 4.69) is 15.9 Å². The van der Waals surface area contributed by atoms with E-state index in [1.54, 1.807) is 11.0 Å². The zero-order valence-electron chi connectivity index (χ0n) is 15.2. The summed E-state index contributed by atoms with van der Waals surface area (Å²) in [4.78, 5) is 25.8. The summed E-state index contributed by atoms with van der Waals surface area (Å²) in [6.07, 6.45) is 0. The lowest BCUT2D eigenvalue weighted by Gasteiger charge is -2.26. The summed E-state index contributed by atoms with van der Waals surface area (Å²) in [5.41, 5.74) is 0.986. The van der Waals surface area contributed by atoms with Gasteiger partial charge in [-0.2, -0.15) is 0 Å². The van der Waals surface area contributed by atoms with Gasteiger partial charge in [0.15, 0.2) is 24.8 Å². The molecular formula is C20H21BrFNO4. The Morgan fingerprint density at radius 3 is 2.44 bits per heavy atom. The van der Waals surface area contributed by atoms with Crippen LogP contribution in [-0.4, -0.2) is 36.0 Å². The van der Waals surface area contributed by atoms with Gasteiger partial charge in [0.1, 0.15) is 0 Å². The number of hydrogen-bond donors (Lipinski definition) is 0. The van der Waals surface area contributed by atoms with Crippen molar-refractivity contribution in [2.75, 3.05) is 13.2 Å². The summed E-state index contributed by atoms with van der Waals surface area (Å²) in [6, 6.07) is 13.7. The number of hydrogen-bond acceptors (Lipinski definition) is 4. The monoisotopic (exact) mass is 437 g/mol. The van der Waals surface area contributed by atoms with Crippen molar-refractivity contribution in [2.24, 2.45) is 0 Å². The highest BCUT2D eigenvalue weighted by Crippen LogP contribution is 2.21. The summed E-state index contributed by atoms with van der Waals surface area (Å²) in [5, 5.41) is 0. The molecule has 0 spiro atoms. The van der Waals surface area contributed by atoms with E-state index in [0.29, 0.717) is 11.0 Å². The smallest absolute Gasteiger partial charge is 0.344 e. The molecule has 1 amide bonds. The third-order valence-electron chi connectivity index (χ3n) is 3.74. The van der Waals surface area contributed by atoms with Crippen molar-refractivity contribution in [1.29, 1.82) is 0 Å². The Labute approximate surface area is 166 Å². The molecule has 0 radical (unpaired) electrons. The Kier molecular flexibility index (Phi) is 7.79. The zero-order valence-corrected chi connectivity index (χ0v) is 16.7. The summed E-state index contributed by atoms with van der Waals surface area (Å²) >= 11 is 3.14. The average Bonchev–Trinajstić information content (AvgIpc) is 2.64. The van der Waals surface area contributed by atoms with Gasteiger partial charge in [-0.15, -0.1) is 0 Å². The molecule has 0 N–H and O–H groups in total. The lowest BCUT2D eigenvalue weighted by atomic mass is 10.2. The van der Waals surface area contributed by atoms with Crippen LogP contribution in [0, 0.1) is 5.82 Å². The van der Waals surface area contributed by atoms with Gasteiger partial charge in [0.05, 0.1) is 0 Å². The minimum Gasteiger partial charge on any atom is -0.479 e. The van der Waals surface area contributed by atoms with Crippen LogP contribution in [0.4, 0.5) is 4.39 Å². The van der Waals surface area contributed by atoms with Crippen molar-refractivity contribution in [1.82, 2.24) is 4.90 Å². The number of nitrogens with zero attached hydrogens (tertiary/aromatic N) is 1. The van der Waals surface area contributed by atoms with Crippen LogP contribution in [0.1, 0.15) is 19.4 Å². The van der Waals surface area contributed by atoms with E-state index in [9.17, 15) is 14.0 Å². The maximum atomic E-state index is 13.6. The highest BCUT2D eigenvalue weighted by molar-refractivity contribution is 9.10. The molecule has 5 nitrogen and oxygen atoms in total. The molecule has 0 bridgehead atoms. The molecule has 0 aromatic heterocycles. The Balaban J connectivity index is 1.84. The highest BCUT2D eigenvalue weighted by Gasteiger charge is 2.19. The molecule has 0 unspecified atom stereocenters. The third kappa shape index (κ3) is 6.67. The summed E-state index contributed by atoms with van der Waals surface area (Å²) in [6.45, 7) is 3.34. The van der Waals surface area contributed by atoms with Gasteiger partial charge in [-0.25, -0.2) is 9.18 Å². The number of carbonyl (C=O) groups is 2. The molecule has 0 atom stereocenters. The minimum absolute atomic E-state index is 0.0514. The maximum absolute atomic E-state index is 13.6. The van der Waals surface area contributed by atoms with Gasteiger partial charge in [-0.1, -0.05) is 46.3 Å². The van der Waals surface area contributed by atoms with E-state index in [1.807, 2.05) is 44.2 Å². The quantitative estimate of drug-likeness (QED) is 0.586. The van der Waals surface area contributed by atoms with E-state index < -0.39 is 25.0 Å². The number of carbonyl (C=O) groups excluding carboxylic acids is 2. The van der Waals surface area contributed by atoms with Gasteiger partial charge in [0.25, 0.3) is 5.91 Å². The molecule has 144 valence electrons. The molecular weight excluding hydrogens is 417 g/mol. The Morgan fingerprint density at radius 1 is 1.11 bits per heavy atom. The molecule has 0 aliphatic heterocycles. The minimum atomic E-state index is -0.742. The lowest BCUT2D eigenvalue weighted by molar-refractivity contribution is -0.154. The Hall–Kier alpha value is -2.41. The van der Waals surface area contributed by atoms with Crippen LogP contribution in [0.15, 0.2) is 53.0 Å². The molecule has 7 heteroatoms. The van der Waals surface area contributed by atoms with E-state index in [1.165, 1.54) is 12.1 Å². The van der Waals surface area contributed by atoms with Crippen molar-refractivity contribution < 1.29 is 23.5 Å². The van der Waals surface area contributed by atoms with Crippen LogP contribution in [0.3, 0.4) is 0 Å². The fraction of sp³-hybridized carbons (Fsp3) is 0.300. The third-order valence-corrected chi connectivity index (χ3v) is 4.23. The molecule has 2 aromatic carbocycles. The van der Waals surface area contributed by atoms with Gasteiger partial charge >= 0.3 is 5.97 Å². The van der Waals surface area contributed by atoms with Crippen LogP contribution in [0.25, 0.3) is 0 Å². The molecule has 2 rings (SSSR count). The van der Waals surface area contributed by atoms with Gasteiger partial charge in [-0.05, 0) is 37.6 Å². The summed E-state index contributed by atoms with van der Waals surface area (Å²) in [7, 11) is 0. The second-order valence-electron chi connectivity index (χ2n) is 6.13. The van der Waals surface area contributed by atoms with Crippen molar-refractivity contribution in [2.45, 2.75) is 26.4 Å². The SMILES string of the molecule is CC(C)N(Cc1ccccc1)C(=O)COC(=O)COc1ccc(Br)cc1F. The number of esters is 1. The van der Waals surface area contributed by atoms with E-state index >= 15 is 0 Å². The van der Waals surface area contributed by atoms with E-state index in [0.717, 1.165) is 5.56 Å². The van der Waals surface area contributed by atoms with Crippen LogP contribution >= 0.6 is 15.9 Å². The average molecular weight is 438 g/mol. The largest absolute Gasteiger partial charge is 0.479 e. The number of amides is 1. The molecule has 0 saturated carbocycles. The molecule has 0 heterocycles. The van der Waals surface area contributed by atoms with Crippen molar-refractivity contribution >= 4 is 27.8 Å². The first-order chi connectivity index (χ1) is 12.9. The van der Waals surface area contributed by atoms with Crippen molar-refractivity contribution in [3.05, 3.63) is 64.4 Å².